The Hall–Kier alpha value is 2.08. The lowest BCUT2D eigenvalue weighted by molar-refractivity contribution is -0.331. The van der Waals surface area contributed by atoms with E-state index in [-0.39, 0.29) is 0 Å². The monoisotopic (exact) mass is 468 g/mol. The van der Waals surface area contributed by atoms with Crippen LogP contribution in [0.4, 0.5) is 0 Å². The lowest BCUT2D eigenvalue weighted by atomic mass is 9.10. The molecule has 2 nitrogen and oxygen atoms in total. The lowest BCUT2D eigenvalue weighted by Crippen LogP contribution is -3.26. The van der Waals surface area contributed by atoms with E-state index >= 15 is 0 Å². The average Bonchev–Trinajstić information content (AvgIpc) is 2.44. The van der Waals surface area contributed by atoms with Gasteiger partial charge in [-0.3, -0.25) is 4.79 Å². The molecule has 6 rings (SSSR count). The summed E-state index contributed by atoms with van der Waals surface area (Å²) >= 11 is 58.7. The Balaban J connectivity index is 2.01. The van der Waals surface area contributed by atoms with Gasteiger partial charge in [-0.1, -0.05) is 23.2 Å². The van der Waals surface area contributed by atoms with Crippen LogP contribution in [0.2, 0.25) is 0 Å². The van der Waals surface area contributed by atoms with E-state index in [1.165, 1.54) is 0 Å². The highest BCUT2D eigenvalue weighted by molar-refractivity contribution is 6.79. The molecule has 0 aromatic carbocycles. The van der Waals surface area contributed by atoms with Gasteiger partial charge in [0.15, 0.2) is 4.33 Å². The second-order valence-corrected chi connectivity index (χ2v) is 11.5. The van der Waals surface area contributed by atoms with Gasteiger partial charge in [0.1, 0.15) is 39.5 Å². The SMILES string of the molecule is O=C(O)C12C3(Cl)[C@@]4(Cl)C5(Cl)C(Cl)(Cl)C(Cl)([C@@]14Cl)[C@]2(Cl)[C@]53Cl. The van der Waals surface area contributed by atoms with Crippen molar-refractivity contribution in [3.05, 3.63) is 0 Å². The van der Waals surface area contributed by atoms with Crippen molar-refractivity contribution in [1.82, 2.24) is 0 Å². The lowest BCUT2D eigenvalue weighted by Gasteiger charge is -3.04. The van der Waals surface area contributed by atoms with E-state index in [0.29, 0.717) is 0 Å². The third-order valence-electron chi connectivity index (χ3n) is 6.53. The molecule has 11 heteroatoms. The van der Waals surface area contributed by atoms with Crippen molar-refractivity contribution < 1.29 is 9.90 Å². The molecule has 0 aliphatic heterocycles. The summed E-state index contributed by atoms with van der Waals surface area (Å²) < 4.78 is -1.95. The molecule has 0 unspecified atom stereocenters. The molecule has 0 radical (unpaired) electrons. The fourth-order valence-corrected chi connectivity index (χ4v) is 14.3. The van der Waals surface area contributed by atoms with Crippen molar-refractivity contribution in [3.63, 3.8) is 0 Å². The molecule has 0 aromatic rings. The molecule has 0 aromatic heterocycles. The van der Waals surface area contributed by atoms with Crippen LogP contribution in [0.25, 0.3) is 0 Å². The van der Waals surface area contributed by atoms with Crippen LogP contribution in [0.5, 0.6) is 0 Å². The minimum absolute atomic E-state index is 1.35. The predicted molar refractivity (Wildman–Crippen MR) is 84.6 cm³/mol. The fourth-order valence-electron chi connectivity index (χ4n) is 6.17. The average molecular weight is 472 g/mol. The molecule has 6 fully saturated rings. The quantitative estimate of drug-likeness (QED) is 0.583. The summed E-state index contributed by atoms with van der Waals surface area (Å²) in [6.45, 7) is 0. The zero-order valence-electron chi connectivity index (χ0n) is 9.26. The number of hydrogen-bond donors (Lipinski definition) is 1. The molecule has 0 amide bonds. The first kappa shape index (κ1) is 15.3. The smallest absolute Gasteiger partial charge is 0.315 e. The van der Waals surface area contributed by atoms with Gasteiger partial charge in [0.25, 0.3) is 0 Å². The number of carbonyl (C=O) groups is 1. The number of alkyl halides is 9. The predicted octanol–water partition coefficient (Wildman–Crippen LogP) is 4.14. The number of carboxylic acids is 1. The Kier molecular flexibility index (Phi) is 2.05. The second-order valence-electron chi connectivity index (χ2n) is 6.24. The van der Waals surface area contributed by atoms with Crippen LogP contribution in [0.1, 0.15) is 0 Å². The number of rotatable bonds is 1. The zero-order valence-corrected chi connectivity index (χ0v) is 16.1. The zero-order chi connectivity index (χ0) is 16.1. The van der Waals surface area contributed by atoms with Crippen molar-refractivity contribution in [2.75, 3.05) is 0 Å². The highest BCUT2D eigenvalue weighted by Crippen LogP contribution is 3.18. The maximum atomic E-state index is 11.9. The molecular weight excluding hydrogens is 471 g/mol. The van der Waals surface area contributed by atoms with E-state index in [0.717, 1.165) is 0 Å². The van der Waals surface area contributed by atoms with Crippen molar-refractivity contribution in [3.8, 4) is 0 Å². The molecule has 0 heterocycles. The van der Waals surface area contributed by atoms with Crippen LogP contribution >= 0.6 is 104 Å². The van der Waals surface area contributed by atoms with Crippen LogP contribution in [0.3, 0.4) is 0 Å². The van der Waals surface area contributed by atoms with Gasteiger partial charge in [-0.2, -0.15) is 0 Å². The van der Waals surface area contributed by atoms with Gasteiger partial charge in [-0.05, 0) is 0 Å². The Morgan fingerprint density at radius 1 is 0.571 bits per heavy atom. The maximum Gasteiger partial charge on any atom is 0.315 e. The second kappa shape index (κ2) is 2.81. The van der Waals surface area contributed by atoms with Crippen molar-refractivity contribution in [2.24, 2.45) is 5.41 Å². The first-order valence-electron chi connectivity index (χ1n) is 5.63. The van der Waals surface area contributed by atoms with E-state index in [4.69, 9.17) is 104 Å². The molecule has 6 saturated carbocycles. The van der Waals surface area contributed by atoms with Crippen LogP contribution in [0.15, 0.2) is 0 Å². The fraction of sp³-hybridized carbons (Fsp3) is 0.900. The molecule has 6 aliphatic rings. The summed E-state index contributed by atoms with van der Waals surface area (Å²) in [6.07, 6.45) is 0. The van der Waals surface area contributed by atoms with Crippen LogP contribution < -0.4 is 0 Å². The van der Waals surface area contributed by atoms with Crippen molar-refractivity contribution in [1.29, 1.82) is 0 Å². The molecular formula is C10HCl9O2. The highest BCUT2D eigenvalue weighted by Gasteiger charge is 3.37. The summed E-state index contributed by atoms with van der Waals surface area (Å²) in [5.74, 6) is -1.35. The largest absolute Gasteiger partial charge is 0.481 e. The molecule has 2 bridgehead atoms. The standard InChI is InChI=1S/C10HCl9O2/c11-3-2(1(20)21)4(12)6(3,14)9(17)7(3,15)5(2,13)8(4,16)10(9,18)19/h(H,20,21)/t2?,3?,4-,5-,6+,7+,8?,9?/m1/s1. The summed E-state index contributed by atoms with van der Waals surface area (Å²) in [4.78, 5) is -0.356. The Bertz CT molecular complexity index is 689. The molecule has 4 atom stereocenters. The van der Waals surface area contributed by atoms with Gasteiger partial charge < -0.3 is 5.11 Å². The first-order chi connectivity index (χ1) is 9.19. The summed E-state index contributed by atoms with van der Waals surface area (Å²) in [6, 6.07) is 0. The molecule has 116 valence electrons. The van der Waals surface area contributed by atoms with E-state index < -0.39 is 49.8 Å². The molecule has 6 aliphatic carbocycles. The topological polar surface area (TPSA) is 37.3 Å². The van der Waals surface area contributed by atoms with Gasteiger partial charge in [0.05, 0.1) is 0 Å². The van der Waals surface area contributed by atoms with E-state index in [9.17, 15) is 9.90 Å². The normalized spacial score (nSPS) is 80.0. The molecule has 0 spiro atoms. The van der Waals surface area contributed by atoms with E-state index in [1.807, 2.05) is 0 Å². The highest BCUT2D eigenvalue weighted by atomic mass is 35.5. The van der Waals surface area contributed by atoms with Crippen LogP contribution in [0, 0.1) is 5.41 Å². The molecule has 0 saturated heterocycles. The van der Waals surface area contributed by atoms with E-state index in [1.54, 1.807) is 0 Å². The van der Waals surface area contributed by atoms with Crippen LogP contribution in [-0.2, 0) is 4.79 Å². The summed E-state index contributed by atoms with van der Waals surface area (Å²) in [7, 11) is 0. The van der Waals surface area contributed by atoms with Crippen LogP contribution in [-0.4, -0.2) is 49.5 Å². The van der Waals surface area contributed by atoms with Crippen molar-refractivity contribution >= 4 is 110 Å². The van der Waals surface area contributed by atoms with Gasteiger partial charge in [0.2, 0.25) is 0 Å². The number of halogens is 9. The Morgan fingerprint density at radius 3 is 1.19 bits per heavy atom. The Morgan fingerprint density at radius 2 is 0.857 bits per heavy atom. The van der Waals surface area contributed by atoms with Gasteiger partial charge >= 0.3 is 5.97 Å². The summed E-state index contributed by atoms with van der Waals surface area (Å²) in [5.41, 5.74) is -1.85. The number of aliphatic carboxylic acids is 1. The van der Waals surface area contributed by atoms with Gasteiger partial charge in [-0.25, -0.2) is 0 Å². The number of carboxylic acid groups (broad SMARTS) is 1. The van der Waals surface area contributed by atoms with Gasteiger partial charge in [-0.15, -0.1) is 81.2 Å². The summed E-state index contributed by atoms with van der Waals surface area (Å²) in [5, 5.41) is 9.72. The third-order valence-corrected chi connectivity index (χ3v) is 14.8. The maximum absolute atomic E-state index is 11.9. The molecule has 21 heavy (non-hydrogen) atoms. The number of hydrogen-bond acceptors (Lipinski definition) is 1. The minimum Gasteiger partial charge on any atom is -0.481 e. The van der Waals surface area contributed by atoms with Gasteiger partial charge in [0, 0.05) is 0 Å². The minimum atomic E-state index is -1.95. The first-order valence-corrected chi connectivity index (χ1v) is 9.03. The van der Waals surface area contributed by atoms with E-state index in [2.05, 4.69) is 0 Å². The van der Waals surface area contributed by atoms with Crippen molar-refractivity contribution in [2.45, 2.75) is 38.5 Å². The third kappa shape index (κ3) is 0.569. The Labute approximate surface area is 163 Å². The molecule has 1 N–H and O–H groups in total.